The van der Waals surface area contributed by atoms with Crippen LogP contribution in [0.3, 0.4) is 0 Å². The largest absolute Gasteiger partial charge is 0.508 e. The van der Waals surface area contributed by atoms with E-state index < -0.39 is 107 Å². The molecular weight excluding hydrogens is 1080 g/mol. The number of primary amides is 2. The zero-order valence-electron chi connectivity index (χ0n) is 43.6. The van der Waals surface area contributed by atoms with Crippen LogP contribution >= 0.6 is 33.2 Å². The van der Waals surface area contributed by atoms with Crippen molar-refractivity contribution in [1.82, 2.24) is 37.2 Å². The zero-order valence-corrected chi connectivity index (χ0v) is 46.0. The van der Waals surface area contributed by atoms with Crippen LogP contribution in [-0.4, -0.2) is 130 Å². The molecule has 1 aliphatic rings. The first-order chi connectivity index (χ1) is 37.6. The van der Waals surface area contributed by atoms with Crippen LogP contribution in [-0.2, 0) is 64.0 Å². The number of nitrogens with one attached hydrogen (secondary N) is 7. The summed E-state index contributed by atoms with van der Waals surface area (Å²) in [5, 5.41) is 39.3. The van der Waals surface area contributed by atoms with Crippen molar-refractivity contribution in [3.8, 4) is 11.5 Å². The third-order valence-electron chi connectivity index (χ3n) is 12.7. The van der Waals surface area contributed by atoms with Gasteiger partial charge in [-0.3, -0.25) is 43.2 Å². The summed E-state index contributed by atoms with van der Waals surface area (Å²) >= 11 is 6.08. The molecule has 4 aromatic rings. The highest BCUT2D eigenvalue weighted by molar-refractivity contribution is 8.76. The Morgan fingerprint density at radius 3 is 1.67 bits per heavy atom. The number of hydrogen-bond acceptors (Lipinski definition) is 15. The Morgan fingerprint density at radius 1 is 0.633 bits per heavy atom. The van der Waals surface area contributed by atoms with Crippen LogP contribution in [0.4, 0.5) is 0 Å². The van der Waals surface area contributed by atoms with E-state index in [0.717, 1.165) is 21.6 Å². The van der Waals surface area contributed by atoms with E-state index in [1.807, 2.05) is 0 Å². The van der Waals surface area contributed by atoms with Gasteiger partial charge < -0.3 is 70.4 Å². The number of halogens is 1. The monoisotopic (exact) mass is 1150 g/mol. The lowest BCUT2D eigenvalue weighted by molar-refractivity contribution is -0.136. The molecule has 9 amide bonds. The maximum absolute atomic E-state index is 14.7. The van der Waals surface area contributed by atoms with Crippen molar-refractivity contribution in [2.75, 3.05) is 18.1 Å². The Hall–Kier alpha value is -7.38. The molecule has 1 saturated heterocycles. The summed E-state index contributed by atoms with van der Waals surface area (Å²) in [6, 6.07) is 13.4. The minimum absolute atomic E-state index is 0.0274. The molecule has 424 valence electrons. The van der Waals surface area contributed by atoms with Gasteiger partial charge >= 0.3 is 0 Å². The molecule has 0 saturated carbocycles. The number of benzene rings is 4. The van der Waals surface area contributed by atoms with E-state index in [1.54, 1.807) is 38.1 Å². The molecule has 0 spiro atoms. The molecule has 22 nitrogen and oxygen atoms in total. The number of carbonyl (C=O) groups is 9. The number of unbranched alkanes of at least 4 members (excludes halogenated alkanes) is 1. The predicted molar refractivity (Wildman–Crippen MR) is 301 cm³/mol. The van der Waals surface area contributed by atoms with Crippen molar-refractivity contribution in [1.29, 1.82) is 0 Å². The highest BCUT2D eigenvalue weighted by Gasteiger charge is 2.36. The smallest absolute Gasteiger partial charge is 0.248 e. The van der Waals surface area contributed by atoms with Gasteiger partial charge in [0.25, 0.3) is 0 Å². The zero-order chi connectivity index (χ0) is 57.8. The van der Waals surface area contributed by atoms with Crippen molar-refractivity contribution in [3.05, 3.63) is 130 Å². The van der Waals surface area contributed by atoms with E-state index in [1.165, 1.54) is 72.8 Å². The Morgan fingerprint density at radius 2 is 1.13 bits per heavy atom. The second-order valence-electron chi connectivity index (χ2n) is 19.3. The highest BCUT2D eigenvalue weighted by atomic mass is 35.5. The van der Waals surface area contributed by atoms with E-state index in [-0.39, 0.29) is 67.2 Å². The molecule has 1 heterocycles. The van der Waals surface area contributed by atoms with Crippen LogP contribution in [0.25, 0.3) is 0 Å². The van der Waals surface area contributed by atoms with Gasteiger partial charge in [-0.1, -0.05) is 95.6 Å². The van der Waals surface area contributed by atoms with E-state index in [2.05, 4.69) is 37.2 Å². The Balaban J connectivity index is 1.57. The van der Waals surface area contributed by atoms with E-state index >= 15 is 0 Å². The topological polar surface area (TPSA) is 382 Å². The first-order valence-electron chi connectivity index (χ1n) is 25.4. The lowest BCUT2D eigenvalue weighted by Crippen LogP contribution is -2.61. The molecule has 0 bridgehead atoms. The maximum atomic E-state index is 14.7. The van der Waals surface area contributed by atoms with Crippen molar-refractivity contribution in [2.24, 2.45) is 28.9 Å². The summed E-state index contributed by atoms with van der Waals surface area (Å²) in [7, 11) is 2.01. The Labute approximate surface area is 470 Å². The van der Waals surface area contributed by atoms with Crippen LogP contribution in [0.2, 0.25) is 5.02 Å². The van der Waals surface area contributed by atoms with Crippen LogP contribution in [0, 0.1) is 5.92 Å². The third kappa shape index (κ3) is 20.1. The second-order valence-corrected chi connectivity index (χ2v) is 22.3. The molecule has 4 aromatic carbocycles. The molecule has 5 rings (SSSR count). The Bertz CT molecular complexity index is 2760. The van der Waals surface area contributed by atoms with Gasteiger partial charge in [0.15, 0.2) is 0 Å². The van der Waals surface area contributed by atoms with Gasteiger partial charge in [-0.15, -0.1) is 0 Å². The molecule has 0 radical (unpaired) electrons. The standard InChI is InChI=1S/C54H68ClN11O11S2/c1-29(2)45-54(77)65-44(52(75)61-40(47(59)70)24-32-10-18-36(67)19-11-32)28-79-78-27-43(64-48(71)38(57)23-30-8-16-35(55)17-9-30)53(76)63-42(26-33-12-20-37(68)21-13-33)51(74)62-41(25-31-6-14-34(15-7-31)46(58)69)50(73)60-39(49(72)66-45)5-3-4-22-56/h6-21,29,38-45,67-68H,3-5,22-28,56-57H2,1-2H3,(H2,58,69)(H2,59,70)(H,60,73)(H,61,75)(H,62,74)(H,63,76)(H,64,71)(H,65,77)(H,66,72)/t38-,39-,40?,41+,42-,43+,44-,45-/m0/s1. The summed E-state index contributed by atoms with van der Waals surface area (Å²) in [5.41, 5.74) is 25.7. The first-order valence-corrected chi connectivity index (χ1v) is 28.3. The molecule has 25 heteroatoms. The van der Waals surface area contributed by atoms with Crippen molar-refractivity contribution >= 4 is 86.4 Å². The lowest BCUT2D eigenvalue weighted by atomic mass is 9.99. The highest BCUT2D eigenvalue weighted by Crippen LogP contribution is 2.25. The first kappa shape index (κ1) is 62.5. The number of phenolic OH excluding ortho intramolecular Hbond substituents is 2. The summed E-state index contributed by atoms with van der Waals surface area (Å²) in [4.78, 5) is 126. The van der Waals surface area contributed by atoms with Gasteiger partial charge in [-0.25, -0.2) is 0 Å². The number of phenols is 2. The van der Waals surface area contributed by atoms with Gasteiger partial charge in [0.05, 0.1) is 6.04 Å². The summed E-state index contributed by atoms with van der Waals surface area (Å²) in [5.74, 6) is -8.56. The molecule has 1 unspecified atom stereocenters. The molecule has 17 N–H and O–H groups in total. The van der Waals surface area contributed by atoms with Crippen LogP contribution in [0.15, 0.2) is 97.1 Å². The number of amides is 9. The number of hydrogen-bond donors (Lipinski definition) is 13. The number of carbonyl (C=O) groups excluding carboxylic acids is 9. The van der Waals surface area contributed by atoms with Gasteiger partial charge in [0.2, 0.25) is 53.2 Å². The average molecular weight is 1150 g/mol. The Kier molecular flexibility index (Phi) is 24.3. The van der Waals surface area contributed by atoms with E-state index in [9.17, 15) is 53.4 Å². The quantitative estimate of drug-likeness (QED) is 0.0449. The fourth-order valence-electron chi connectivity index (χ4n) is 8.16. The molecule has 1 aliphatic heterocycles. The van der Waals surface area contributed by atoms with E-state index in [0.29, 0.717) is 40.1 Å². The normalized spacial score (nSPS) is 20.7. The summed E-state index contributed by atoms with van der Waals surface area (Å²) in [6.45, 7) is 3.55. The molecule has 8 atom stereocenters. The van der Waals surface area contributed by atoms with Crippen LogP contribution < -0.4 is 60.2 Å². The van der Waals surface area contributed by atoms with Gasteiger partial charge in [-0.2, -0.15) is 0 Å². The van der Waals surface area contributed by atoms with Gasteiger partial charge in [0, 0.05) is 41.4 Å². The molecule has 1 fully saturated rings. The average Bonchev–Trinajstić information content (AvgIpc) is 3.41. The second kappa shape index (κ2) is 30.7. The third-order valence-corrected chi connectivity index (χ3v) is 15.4. The van der Waals surface area contributed by atoms with Crippen molar-refractivity contribution in [2.45, 2.75) is 107 Å². The van der Waals surface area contributed by atoms with Crippen molar-refractivity contribution < 1.29 is 53.4 Å². The SMILES string of the molecule is CC(C)[C@@H]1NC(=O)[C@H](CCCCN)NC(=O)[C@@H](Cc2ccc(C(N)=O)cc2)NC(=O)[C@H](Cc2ccc(O)cc2)NC(=O)[C@H](NC(=O)[C@@H](N)Cc2ccc(Cl)cc2)CSSC[C@@H](C(=O)NC(Cc2ccc(O)cc2)C(N)=O)NC1=O. The predicted octanol–water partition coefficient (Wildman–Crippen LogP) is 0.507. The fraction of sp³-hybridized carbons (Fsp3) is 0.389. The van der Waals surface area contributed by atoms with Crippen LogP contribution in [0.1, 0.15) is 65.7 Å². The molecular formula is C54H68ClN11O11S2. The number of aromatic hydroxyl groups is 2. The fourth-order valence-corrected chi connectivity index (χ4v) is 10.6. The maximum Gasteiger partial charge on any atom is 0.248 e. The number of rotatable bonds is 19. The van der Waals surface area contributed by atoms with Gasteiger partial charge in [0.1, 0.15) is 53.8 Å². The van der Waals surface area contributed by atoms with E-state index in [4.69, 9.17) is 34.5 Å². The van der Waals surface area contributed by atoms with Crippen LogP contribution in [0.5, 0.6) is 11.5 Å². The number of nitrogens with two attached hydrogens (primary N) is 4. The lowest BCUT2D eigenvalue weighted by Gasteiger charge is -2.29. The molecule has 0 aromatic heterocycles. The minimum atomic E-state index is -1.46. The summed E-state index contributed by atoms with van der Waals surface area (Å²) < 4.78 is 0. The van der Waals surface area contributed by atoms with Crippen molar-refractivity contribution in [3.63, 3.8) is 0 Å². The molecule has 79 heavy (non-hydrogen) atoms. The minimum Gasteiger partial charge on any atom is -0.508 e. The molecule has 0 aliphatic carbocycles. The summed E-state index contributed by atoms with van der Waals surface area (Å²) in [6.07, 6.45) is 0.356. The van der Waals surface area contributed by atoms with Gasteiger partial charge in [-0.05, 0) is 109 Å².